The Kier molecular flexibility index (Phi) is 1.48. The van der Waals surface area contributed by atoms with E-state index in [1.165, 1.54) is 17.8 Å². The summed E-state index contributed by atoms with van der Waals surface area (Å²) in [7, 11) is 0. The molecule has 1 fully saturated rings. The van der Waals surface area contributed by atoms with E-state index in [0.717, 1.165) is 13.0 Å². The normalized spacial score (nSPS) is 29.1. The van der Waals surface area contributed by atoms with Gasteiger partial charge in [0.25, 0.3) is 0 Å². The number of amides is 1. The van der Waals surface area contributed by atoms with Gasteiger partial charge in [-0.1, -0.05) is 0 Å². The standard InChI is InChI=1S/C10H13N3O/c1-6(14)13-4-7-2-3-8(13)10-9(7)11-5-12-10/h5,7-8H,2-4H2,1H3,(H,11,12). The SMILES string of the molecule is CC(=O)N1CC2CCC1c1[nH]cnc12. The smallest absolute Gasteiger partial charge is 0.220 e. The number of fused-ring (bicyclic) bond motifs is 2. The predicted octanol–water partition coefficient (Wildman–Crippen LogP) is 1.19. The van der Waals surface area contributed by atoms with E-state index in [1.807, 2.05) is 4.90 Å². The number of carbonyl (C=O) groups excluding carboxylic acids is 1. The van der Waals surface area contributed by atoms with Gasteiger partial charge in [0.2, 0.25) is 5.91 Å². The molecule has 1 aliphatic carbocycles. The van der Waals surface area contributed by atoms with Crippen molar-refractivity contribution < 1.29 is 4.79 Å². The first-order valence-corrected chi connectivity index (χ1v) is 5.07. The number of hydrogen-bond donors (Lipinski definition) is 1. The summed E-state index contributed by atoms with van der Waals surface area (Å²) in [6, 6.07) is 0.259. The second kappa shape index (κ2) is 2.59. The van der Waals surface area contributed by atoms with E-state index in [4.69, 9.17) is 0 Å². The van der Waals surface area contributed by atoms with Crippen LogP contribution in [0.4, 0.5) is 0 Å². The Morgan fingerprint density at radius 3 is 3.29 bits per heavy atom. The van der Waals surface area contributed by atoms with Gasteiger partial charge in [-0.15, -0.1) is 0 Å². The molecule has 2 unspecified atom stereocenters. The Morgan fingerprint density at radius 1 is 1.64 bits per heavy atom. The minimum atomic E-state index is 0.181. The van der Waals surface area contributed by atoms with E-state index in [0.29, 0.717) is 5.92 Å². The molecule has 2 aliphatic heterocycles. The van der Waals surface area contributed by atoms with Crippen LogP contribution in [0.2, 0.25) is 0 Å². The Labute approximate surface area is 82.3 Å². The zero-order valence-electron chi connectivity index (χ0n) is 8.16. The first-order chi connectivity index (χ1) is 6.77. The molecule has 74 valence electrons. The van der Waals surface area contributed by atoms with Gasteiger partial charge in [0, 0.05) is 19.4 Å². The lowest BCUT2D eigenvalue weighted by Gasteiger charge is -2.43. The van der Waals surface area contributed by atoms with Crippen molar-refractivity contribution in [3.8, 4) is 0 Å². The maximum atomic E-state index is 11.4. The second-order valence-corrected chi connectivity index (χ2v) is 4.16. The molecule has 0 radical (unpaired) electrons. The Hall–Kier alpha value is -1.32. The van der Waals surface area contributed by atoms with Gasteiger partial charge in [-0.2, -0.15) is 0 Å². The summed E-state index contributed by atoms with van der Waals surface area (Å²) in [5.41, 5.74) is 2.36. The Balaban J connectivity index is 2.07. The van der Waals surface area contributed by atoms with Gasteiger partial charge in [0.15, 0.2) is 0 Å². The first kappa shape index (κ1) is 8.03. The van der Waals surface area contributed by atoms with Crippen molar-refractivity contribution in [2.24, 2.45) is 0 Å². The molecule has 1 aromatic heterocycles. The fourth-order valence-electron chi connectivity index (χ4n) is 2.75. The number of aromatic amines is 1. The summed E-state index contributed by atoms with van der Waals surface area (Å²) in [4.78, 5) is 20.9. The van der Waals surface area contributed by atoms with E-state index < -0.39 is 0 Å². The van der Waals surface area contributed by atoms with Gasteiger partial charge < -0.3 is 9.88 Å². The molecule has 2 bridgehead atoms. The van der Waals surface area contributed by atoms with Gasteiger partial charge in [-0.05, 0) is 12.8 Å². The molecule has 0 aromatic carbocycles. The number of nitrogens with zero attached hydrogens (tertiary/aromatic N) is 2. The van der Waals surface area contributed by atoms with E-state index in [-0.39, 0.29) is 11.9 Å². The molecule has 3 aliphatic rings. The van der Waals surface area contributed by atoms with Crippen molar-refractivity contribution in [3.05, 3.63) is 17.7 Å². The van der Waals surface area contributed by atoms with Crippen LogP contribution in [-0.4, -0.2) is 27.3 Å². The van der Waals surface area contributed by atoms with E-state index in [9.17, 15) is 4.79 Å². The van der Waals surface area contributed by atoms with Crippen LogP contribution < -0.4 is 0 Å². The third-order valence-electron chi connectivity index (χ3n) is 3.41. The molecule has 4 heteroatoms. The highest BCUT2D eigenvalue weighted by Crippen LogP contribution is 2.44. The molecule has 0 spiro atoms. The number of H-pyrrole nitrogens is 1. The molecule has 0 saturated carbocycles. The molecule has 4 rings (SSSR count). The fraction of sp³-hybridized carbons (Fsp3) is 0.600. The highest BCUT2D eigenvalue weighted by molar-refractivity contribution is 5.74. The molecule has 1 amide bonds. The van der Waals surface area contributed by atoms with Crippen molar-refractivity contribution >= 4 is 5.91 Å². The van der Waals surface area contributed by atoms with Crippen molar-refractivity contribution in [1.29, 1.82) is 0 Å². The first-order valence-electron chi connectivity index (χ1n) is 5.07. The zero-order chi connectivity index (χ0) is 9.71. The zero-order valence-corrected chi connectivity index (χ0v) is 8.16. The Morgan fingerprint density at radius 2 is 2.50 bits per heavy atom. The topological polar surface area (TPSA) is 49.0 Å². The summed E-state index contributed by atoms with van der Waals surface area (Å²) in [5.74, 6) is 0.644. The lowest BCUT2D eigenvalue weighted by molar-refractivity contribution is -0.133. The van der Waals surface area contributed by atoms with Crippen LogP contribution in [0.3, 0.4) is 0 Å². The van der Waals surface area contributed by atoms with Crippen LogP contribution in [0.1, 0.15) is 43.1 Å². The minimum absolute atomic E-state index is 0.181. The number of rotatable bonds is 0. The van der Waals surface area contributed by atoms with E-state index in [2.05, 4.69) is 9.97 Å². The second-order valence-electron chi connectivity index (χ2n) is 4.16. The van der Waals surface area contributed by atoms with Crippen molar-refractivity contribution in [2.45, 2.75) is 31.7 Å². The molecule has 4 nitrogen and oxygen atoms in total. The summed E-state index contributed by atoms with van der Waals surface area (Å²) < 4.78 is 0. The van der Waals surface area contributed by atoms with Gasteiger partial charge in [0.1, 0.15) is 0 Å². The van der Waals surface area contributed by atoms with Crippen molar-refractivity contribution in [1.82, 2.24) is 14.9 Å². The Bertz CT molecular complexity index is 384. The van der Waals surface area contributed by atoms with Gasteiger partial charge in [-0.25, -0.2) is 4.98 Å². The molecule has 1 N–H and O–H groups in total. The van der Waals surface area contributed by atoms with Crippen molar-refractivity contribution in [3.63, 3.8) is 0 Å². The quantitative estimate of drug-likeness (QED) is 0.669. The van der Waals surface area contributed by atoms with Crippen LogP contribution in [-0.2, 0) is 4.79 Å². The van der Waals surface area contributed by atoms with Crippen LogP contribution in [0.5, 0.6) is 0 Å². The number of nitrogens with one attached hydrogen (secondary N) is 1. The lowest BCUT2D eigenvalue weighted by Crippen LogP contribution is -2.44. The number of aromatic nitrogens is 2. The number of carbonyl (C=O) groups is 1. The molecule has 1 aromatic rings. The maximum Gasteiger partial charge on any atom is 0.220 e. The van der Waals surface area contributed by atoms with Crippen LogP contribution in [0, 0.1) is 0 Å². The van der Waals surface area contributed by atoms with Gasteiger partial charge in [0.05, 0.1) is 23.8 Å². The summed E-state index contributed by atoms with van der Waals surface area (Å²) in [6.45, 7) is 2.51. The van der Waals surface area contributed by atoms with Crippen molar-refractivity contribution in [2.75, 3.05) is 6.54 Å². The maximum absolute atomic E-state index is 11.4. The fourth-order valence-corrected chi connectivity index (χ4v) is 2.75. The highest BCUT2D eigenvalue weighted by Gasteiger charge is 2.41. The van der Waals surface area contributed by atoms with Crippen LogP contribution in [0.25, 0.3) is 0 Å². The average molecular weight is 191 g/mol. The summed E-state index contributed by atoms with van der Waals surface area (Å²) in [5, 5.41) is 0. The monoisotopic (exact) mass is 191 g/mol. The number of imidazole rings is 1. The summed E-state index contributed by atoms with van der Waals surface area (Å²) in [6.07, 6.45) is 4.01. The van der Waals surface area contributed by atoms with Gasteiger partial charge in [-0.3, -0.25) is 4.79 Å². The molecule has 2 atom stereocenters. The molecular weight excluding hydrogens is 178 g/mol. The molecular formula is C10H13N3O. The summed E-state index contributed by atoms with van der Waals surface area (Å²) >= 11 is 0. The minimum Gasteiger partial charge on any atom is -0.347 e. The molecule has 3 heterocycles. The van der Waals surface area contributed by atoms with Crippen LogP contribution >= 0.6 is 0 Å². The predicted molar refractivity (Wildman–Crippen MR) is 50.7 cm³/mol. The largest absolute Gasteiger partial charge is 0.347 e. The number of piperidine rings is 1. The third kappa shape index (κ3) is 0.882. The lowest BCUT2D eigenvalue weighted by atomic mass is 9.80. The number of hydrogen-bond acceptors (Lipinski definition) is 2. The van der Waals surface area contributed by atoms with E-state index >= 15 is 0 Å². The van der Waals surface area contributed by atoms with E-state index in [1.54, 1.807) is 13.3 Å². The highest BCUT2D eigenvalue weighted by atomic mass is 16.2. The molecule has 1 saturated heterocycles. The average Bonchev–Trinajstić information content (AvgIpc) is 2.68. The molecule has 14 heavy (non-hydrogen) atoms. The van der Waals surface area contributed by atoms with Gasteiger partial charge >= 0.3 is 0 Å². The third-order valence-corrected chi connectivity index (χ3v) is 3.41. The van der Waals surface area contributed by atoms with Crippen LogP contribution in [0.15, 0.2) is 6.33 Å².